The van der Waals surface area contributed by atoms with Crippen LogP contribution >= 0.6 is 11.6 Å². The standard InChI is InChI=1S/C15H10ClF3O/c1-9(20)11-6-12(8-14(16)7-11)10-2-4-13(5-3-10)15(17,18)19/h2-8H,1H3. The maximum Gasteiger partial charge on any atom is 0.416 e. The van der Waals surface area contributed by atoms with Crippen molar-refractivity contribution in [1.29, 1.82) is 0 Å². The fraction of sp³-hybridized carbons (Fsp3) is 0.133. The van der Waals surface area contributed by atoms with E-state index in [4.69, 9.17) is 11.6 Å². The molecule has 0 heterocycles. The molecule has 0 aliphatic heterocycles. The number of hydrogen-bond acceptors (Lipinski definition) is 1. The molecule has 0 N–H and O–H groups in total. The molecule has 0 atom stereocenters. The van der Waals surface area contributed by atoms with E-state index in [1.807, 2.05) is 0 Å². The molecule has 0 radical (unpaired) electrons. The summed E-state index contributed by atoms with van der Waals surface area (Å²) in [6, 6.07) is 9.47. The van der Waals surface area contributed by atoms with E-state index in [-0.39, 0.29) is 5.78 Å². The Morgan fingerprint density at radius 2 is 1.60 bits per heavy atom. The maximum absolute atomic E-state index is 12.5. The average Bonchev–Trinajstić information content (AvgIpc) is 2.37. The molecular formula is C15H10ClF3O. The topological polar surface area (TPSA) is 17.1 Å². The van der Waals surface area contributed by atoms with Crippen LogP contribution in [0.5, 0.6) is 0 Å². The molecule has 0 unspecified atom stereocenters. The number of ketones is 1. The van der Waals surface area contributed by atoms with Crippen LogP contribution in [0.1, 0.15) is 22.8 Å². The molecule has 0 saturated carbocycles. The molecule has 0 aliphatic rings. The first kappa shape index (κ1) is 14.6. The Labute approximate surface area is 119 Å². The van der Waals surface area contributed by atoms with Crippen LogP contribution < -0.4 is 0 Å². The fourth-order valence-corrected chi connectivity index (χ4v) is 2.05. The summed E-state index contributed by atoms with van der Waals surface area (Å²) in [5.74, 6) is -0.152. The van der Waals surface area contributed by atoms with Gasteiger partial charge in [-0.2, -0.15) is 13.2 Å². The quantitative estimate of drug-likeness (QED) is 0.694. The molecule has 0 spiro atoms. The lowest BCUT2D eigenvalue weighted by molar-refractivity contribution is -0.137. The molecule has 2 aromatic carbocycles. The molecule has 20 heavy (non-hydrogen) atoms. The second-order valence-corrected chi connectivity index (χ2v) is 4.80. The molecule has 1 nitrogen and oxygen atoms in total. The Kier molecular flexibility index (Phi) is 3.86. The van der Waals surface area contributed by atoms with Crippen LogP contribution in [0.2, 0.25) is 5.02 Å². The first-order chi connectivity index (χ1) is 9.27. The van der Waals surface area contributed by atoms with Gasteiger partial charge in [-0.3, -0.25) is 4.79 Å². The predicted octanol–water partition coefficient (Wildman–Crippen LogP) is 5.23. The average molecular weight is 299 g/mol. The van der Waals surface area contributed by atoms with Crippen LogP contribution in [0.4, 0.5) is 13.2 Å². The van der Waals surface area contributed by atoms with Gasteiger partial charge in [-0.1, -0.05) is 23.7 Å². The minimum absolute atomic E-state index is 0.152. The van der Waals surface area contributed by atoms with Gasteiger partial charge in [0.05, 0.1) is 5.56 Å². The Hall–Kier alpha value is -1.81. The summed E-state index contributed by atoms with van der Waals surface area (Å²) in [4.78, 5) is 11.4. The monoisotopic (exact) mass is 298 g/mol. The number of halogens is 4. The zero-order valence-corrected chi connectivity index (χ0v) is 11.2. The molecule has 5 heteroatoms. The number of alkyl halides is 3. The summed E-state index contributed by atoms with van der Waals surface area (Å²) in [6.07, 6.45) is -4.36. The number of carbonyl (C=O) groups excluding carboxylic acids is 1. The summed E-state index contributed by atoms with van der Waals surface area (Å²) < 4.78 is 37.5. The third kappa shape index (κ3) is 3.20. The van der Waals surface area contributed by atoms with Gasteiger partial charge in [0.15, 0.2) is 5.78 Å². The van der Waals surface area contributed by atoms with Crippen molar-refractivity contribution in [3.05, 3.63) is 58.6 Å². The van der Waals surface area contributed by atoms with Crippen LogP contribution in [-0.4, -0.2) is 5.78 Å². The highest BCUT2D eigenvalue weighted by Gasteiger charge is 2.29. The summed E-state index contributed by atoms with van der Waals surface area (Å²) in [7, 11) is 0. The number of benzene rings is 2. The van der Waals surface area contributed by atoms with Crippen molar-refractivity contribution < 1.29 is 18.0 Å². The Balaban J connectivity index is 2.44. The summed E-state index contributed by atoms with van der Waals surface area (Å²) in [6.45, 7) is 1.40. The predicted molar refractivity (Wildman–Crippen MR) is 71.9 cm³/mol. The number of hydrogen-bond donors (Lipinski definition) is 0. The van der Waals surface area contributed by atoms with Crippen LogP contribution in [0.3, 0.4) is 0 Å². The molecular weight excluding hydrogens is 289 g/mol. The normalized spacial score (nSPS) is 11.4. The van der Waals surface area contributed by atoms with Crippen molar-refractivity contribution in [2.45, 2.75) is 13.1 Å². The smallest absolute Gasteiger partial charge is 0.295 e. The van der Waals surface area contributed by atoms with Crippen molar-refractivity contribution in [2.75, 3.05) is 0 Å². The van der Waals surface area contributed by atoms with Crippen molar-refractivity contribution in [1.82, 2.24) is 0 Å². The zero-order chi connectivity index (χ0) is 14.9. The van der Waals surface area contributed by atoms with Crippen molar-refractivity contribution >= 4 is 17.4 Å². The van der Waals surface area contributed by atoms with E-state index in [1.54, 1.807) is 12.1 Å². The third-order valence-electron chi connectivity index (χ3n) is 2.85. The second kappa shape index (κ2) is 5.29. The van der Waals surface area contributed by atoms with E-state index >= 15 is 0 Å². The molecule has 104 valence electrons. The maximum atomic E-state index is 12.5. The van der Waals surface area contributed by atoms with Crippen LogP contribution in [0.25, 0.3) is 11.1 Å². The van der Waals surface area contributed by atoms with E-state index in [0.717, 1.165) is 12.1 Å². The molecule has 2 aromatic rings. The van der Waals surface area contributed by atoms with Gasteiger partial charge in [-0.25, -0.2) is 0 Å². The van der Waals surface area contributed by atoms with E-state index in [0.29, 0.717) is 21.7 Å². The van der Waals surface area contributed by atoms with Crippen LogP contribution in [-0.2, 0) is 6.18 Å². The largest absolute Gasteiger partial charge is 0.416 e. The zero-order valence-electron chi connectivity index (χ0n) is 10.5. The van der Waals surface area contributed by atoms with Crippen LogP contribution in [0, 0.1) is 0 Å². The molecule has 0 bridgehead atoms. The van der Waals surface area contributed by atoms with Crippen LogP contribution in [0.15, 0.2) is 42.5 Å². The minimum Gasteiger partial charge on any atom is -0.295 e. The van der Waals surface area contributed by atoms with E-state index in [2.05, 4.69) is 0 Å². The Bertz CT molecular complexity index is 645. The van der Waals surface area contributed by atoms with E-state index in [1.165, 1.54) is 25.1 Å². The van der Waals surface area contributed by atoms with Gasteiger partial charge in [-0.05, 0) is 48.4 Å². The van der Waals surface area contributed by atoms with Gasteiger partial charge in [0.1, 0.15) is 0 Å². The Morgan fingerprint density at radius 3 is 2.10 bits per heavy atom. The molecule has 0 fully saturated rings. The van der Waals surface area contributed by atoms with Crippen molar-refractivity contribution in [2.24, 2.45) is 0 Å². The second-order valence-electron chi connectivity index (χ2n) is 4.36. The van der Waals surface area contributed by atoms with E-state index < -0.39 is 11.7 Å². The first-order valence-electron chi connectivity index (χ1n) is 5.76. The summed E-state index contributed by atoms with van der Waals surface area (Å²) in [5.41, 5.74) is 0.891. The minimum atomic E-state index is -4.36. The highest BCUT2D eigenvalue weighted by atomic mass is 35.5. The lowest BCUT2D eigenvalue weighted by Crippen LogP contribution is -2.04. The van der Waals surface area contributed by atoms with Gasteiger partial charge in [0.2, 0.25) is 0 Å². The number of carbonyl (C=O) groups is 1. The van der Waals surface area contributed by atoms with E-state index in [9.17, 15) is 18.0 Å². The lowest BCUT2D eigenvalue weighted by atomic mass is 10.0. The highest BCUT2D eigenvalue weighted by molar-refractivity contribution is 6.31. The molecule has 0 saturated heterocycles. The molecule has 0 aromatic heterocycles. The number of Topliss-reactive ketones (excluding diaryl/α,β-unsaturated/α-hetero) is 1. The summed E-state index contributed by atoms with van der Waals surface area (Å²) >= 11 is 5.92. The molecule has 0 amide bonds. The highest BCUT2D eigenvalue weighted by Crippen LogP contribution is 2.31. The third-order valence-corrected chi connectivity index (χ3v) is 3.07. The van der Waals surface area contributed by atoms with Gasteiger partial charge in [0.25, 0.3) is 0 Å². The van der Waals surface area contributed by atoms with Gasteiger partial charge in [-0.15, -0.1) is 0 Å². The fourth-order valence-electron chi connectivity index (χ4n) is 1.81. The lowest BCUT2D eigenvalue weighted by Gasteiger charge is -2.09. The Morgan fingerprint density at radius 1 is 1.00 bits per heavy atom. The van der Waals surface area contributed by atoms with Crippen molar-refractivity contribution in [3.63, 3.8) is 0 Å². The SMILES string of the molecule is CC(=O)c1cc(Cl)cc(-c2ccc(C(F)(F)F)cc2)c1. The summed E-state index contributed by atoms with van der Waals surface area (Å²) in [5, 5.41) is 0.368. The van der Waals surface area contributed by atoms with Crippen molar-refractivity contribution in [3.8, 4) is 11.1 Å². The number of rotatable bonds is 2. The first-order valence-corrected chi connectivity index (χ1v) is 6.14. The molecule has 2 rings (SSSR count). The van der Waals surface area contributed by atoms with Gasteiger partial charge < -0.3 is 0 Å². The molecule has 0 aliphatic carbocycles. The van der Waals surface area contributed by atoms with Gasteiger partial charge >= 0.3 is 6.18 Å². The van der Waals surface area contributed by atoms with Gasteiger partial charge in [0, 0.05) is 10.6 Å².